The molecule has 0 fully saturated rings. The van der Waals surface area contributed by atoms with E-state index in [0.717, 1.165) is 5.56 Å². The highest BCUT2D eigenvalue weighted by Gasteiger charge is 2.23. The second kappa shape index (κ2) is 9.39. The first kappa shape index (κ1) is 20.0. The first-order chi connectivity index (χ1) is 12.4. The van der Waals surface area contributed by atoms with Crippen LogP contribution in [-0.4, -0.2) is 35.0 Å². The Balaban J connectivity index is 2.18. The molecule has 2 N–H and O–H groups in total. The van der Waals surface area contributed by atoms with Gasteiger partial charge in [-0.2, -0.15) is 20.5 Å². The highest BCUT2D eigenvalue weighted by Crippen LogP contribution is 2.25. The van der Waals surface area contributed by atoms with Crippen LogP contribution in [0.3, 0.4) is 0 Å². The van der Waals surface area contributed by atoms with Gasteiger partial charge in [0.05, 0.1) is 6.61 Å². The van der Waals surface area contributed by atoms with Crippen LogP contribution in [0.2, 0.25) is 0 Å². The van der Waals surface area contributed by atoms with Gasteiger partial charge in [0.2, 0.25) is 0 Å². The summed E-state index contributed by atoms with van der Waals surface area (Å²) < 4.78 is 56.3. The fourth-order valence-corrected chi connectivity index (χ4v) is 2.68. The lowest BCUT2D eigenvalue weighted by Crippen LogP contribution is -2.18. The van der Waals surface area contributed by atoms with Crippen molar-refractivity contribution in [2.75, 3.05) is 17.7 Å². The molecule has 2 rings (SSSR count). The Labute approximate surface area is 150 Å². The van der Waals surface area contributed by atoms with Crippen molar-refractivity contribution in [2.45, 2.75) is 12.4 Å². The molecule has 5 nitrogen and oxygen atoms in total. The summed E-state index contributed by atoms with van der Waals surface area (Å²) in [6.45, 7) is -3.30. The summed E-state index contributed by atoms with van der Waals surface area (Å²) in [5, 5.41) is 11.0. The van der Waals surface area contributed by atoms with Gasteiger partial charge >= 0.3 is 6.61 Å². The molecule has 1 amide bonds. The van der Waals surface area contributed by atoms with Crippen LogP contribution in [0.1, 0.15) is 15.9 Å². The maximum Gasteiger partial charge on any atom is 0.387 e. The van der Waals surface area contributed by atoms with Crippen molar-refractivity contribution in [1.82, 2.24) is 4.98 Å². The molecule has 26 heavy (non-hydrogen) atoms. The normalized spacial score (nSPS) is 10.8. The Morgan fingerprint density at radius 2 is 2.08 bits per heavy atom. The summed E-state index contributed by atoms with van der Waals surface area (Å²) in [6.07, 6.45) is 1.40. The van der Waals surface area contributed by atoms with Gasteiger partial charge in [0.25, 0.3) is 5.91 Å². The molecule has 1 heterocycles. The van der Waals surface area contributed by atoms with Gasteiger partial charge in [-0.05, 0) is 29.8 Å². The molecule has 1 aromatic heterocycles. The summed E-state index contributed by atoms with van der Waals surface area (Å²) in [5.74, 6) is -3.78. The number of halogens is 4. The maximum atomic E-state index is 14.1. The Kier molecular flexibility index (Phi) is 7.22. The minimum atomic E-state index is -3.32. The number of alkyl halides is 2. The topological polar surface area (TPSA) is 71.5 Å². The molecule has 140 valence electrons. The predicted molar refractivity (Wildman–Crippen MR) is 88.4 cm³/mol. The number of thioether (sulfide) groups is 1. The molecule has 0 bridgehead atoms. The predicted octanol–water partition coefficient (Wildman–Crippen LogP) is 3.44. The zero-order valence-corrected chi connectivity index (χ0v) is 14.0. The van der Waals surface area contributed by atoms with E-state index in [1.807, 2.05) is 0 Å². The summed E-state index contributed by atoms with van der Waals surface area (Å²) >= 11 is 1.44. The number of nitrogens with one attached hydrogen (secondary N) is 1. The van der Waals surface area contributed by atoms with Crippen molar-refractivity contribution >= 4 is 23.5 Å². The van der Waals surface area contributed by atoms with Crippen LogP contribution in [-0.2, 0) is 5.75 Å². The van der Waals surface area contributed by atoms with Crippen LogP contribution >= 0.6 is 11.8 Å². The summed E-state index contributed by atoms with van der Waals surface area (Å²) in [4.78, 5) is 16.0. The number of hydrogen-bond acceptors (Lipinski definition) is 5. The van der Waals surface area contributed by atoms with Gasteiger partial charge in [-0.1, -0.05) is 0 Å². The maximum absolute atomic E-state index is 14.1. The van der Waals surface area contributed by atoms with Crippen molar-refractivity contribution in [3.8, 4) is 5.75 Å². The number of carbonyl (C=O) groups excluding carboxylic acids is 1. The minimum absolute atomic E-state index is 0.0227. The second-order valence-corrected chi connectivity index (χ2v) is 6.00. The van der Waals surface area contributed by atoms with Gasteiger partial charge < -0.3 is 15.2 Å². The first-order valence-corrected chi connectivity index (χ1v) is 8.45. The van der Waals surface area contributed by atoms with Gasteiger partial charge in [0.15, 0.2) is 11.6 Å². The van der Waals surface area contributed by atoms with E-state index in [4.69, 9.17) is 5.11 Å². The molecular weight excluding hydrogens is 376 g/mol. The largest absolute Gasteiger partial charge is 0.432 e. The lowest BCUT2D eigenvalue weighted by Gasteiger charge is -2.11. The van der Waals surface area contributed by atoms with Crippen LogP contribution in [0.25, 0.3) is 0 Å². The number of rotatable bonds is 8. The lowest BCUT2D eigenvalue weighted by atomic mass is 10.1. The minimum Gasteiger partial charge on any atom is -0.432 e. The Hall–Kier alpha value is -2.33. The van der Waals surface area contributed by atoms with E-state index in [-0.39, 0.29) is 12.4 Å². The van der Waals surface area contributed by atoms with E-state index in [2.05, 4.69) is 15.0 Å². The van der Waals surface area contributed by atoms with Crippen molar-refractivity contribution in [1.29, 1.82) is 0 Å². The number of aliphatic hydroxyl groups is 1. The van der Waals surface area contributed by atoms with Crippen molar-refractivity contribution in [3.63, 3.8) is 0 Å². The third-order valence-electron chi connectivity index (χ3n) is 3.07. The molecule has 0 atom stereocenters. The summed E-state index contributed by atoms with van der Waals surface area (Å²) in [7, 11) is 0. The molecule has 1 aromatic carbocycles. The molecular formula is C16H14F4N2O3S. The van der Waals surface area contributed by atoms with Gasteiger partial charge in [-0.3, -0.25) is 4.79 Å². The molecule has 0 saturated heterocycles. The monoisotopic (exact) mass is 390 g/mol. The molecule has 10 heteroatoms. The SMILES string of the molecule is O=C(Nc1cc(CSCCO)ccn1)c1c(F)ccc(OC(F)F)c1F. The molecule has 0 unspecified atom stereocenters. The molecule has 0 aliphatic carbocycles. The van der Waals surface area contributed by atoms with E-state index in [1.165, 1.54) is 24.0 Å². The highest BCUT2D eigenvalue weighted by atomic mass is 32.2. The van der Waals surface area contributed by atoms with E-state index in [1.54, 1.807) is 6.07 Å². The first-order valence-electron chi connectivity index (χ1n) is 7.30. The third-order valence-corrected chi connectivity index (χ3v) is 4.08. The second-order valence-electron chi connectivity index (χ2n) is 4.89. The molecule has 0 saturated carbocycles. The number of benzene rings is 1. The third kappa shape index (κ3) is 5.33. The fourth-order valence-electron chi connectivity index (χ4n) is 1.99. The fraction of sp³-hybridized carbons (Fsp3) is 0.250. The number of anilines is 1. The van der Waals surface area contributed by atoms with Gasteiger partial charge in [-0.25, -0.2) is 13.8 Å². The Morgan fingerprint density at radius 3 is 2.77 bits per heavy atom. The average molecular weight is 390 g/mol. The number of amides is 1. The number of hydrogen-bond donors (Lipinski definition) is 2. The van der Waals surface area contributed by atoms with Crippen LogP contribution in [0.15, 0.2) is 30.5 Å². The number of aliphatic hydroxyl groups excluding tert-OH is 1. The molecule has 0 spiro atoms. The van der Waals surface area contributed by atoms with E-state index < -0.39 is 35.5 Å². The van der Waals surface area contributed by atoms with Gasteiger partial charge in [0.1, 0.15) is 17.2 Å². The zero-order chi connectivity index (χ0) is 19.1. The Bertz CT molecular complexity index is 777. The molecule has 0 aliphatic heterocycles. The molecule has 0 aliphatic rings. The van der Waals surface area contributed by atoms with Crippen LogP contribution in [0.5, 0.6) is 5.75 Å². The highest BCUT2D eigenvalue weighted by molar-refractivity contribution is 7.98. The smallest absolute Gasteiger partial charge is 0.387 e. The summed E-state index contributed by atoms with van der Waals surface area (Å²) in [5.41, 5.74) is -0.283. The standard InChI is InChI=1S/C16H14F4N2O3S/c17-10-1-2-11(25-16(19)20)14(18)13(10)15(24)22-12-7-9(3-4-21-12)8-26-6-5-23/h1-4,7,16,23H,5-6,8H2,(H,21,22,24). The van der Waals surface area contributed by atoms with Gasteiger partial charge in [0, 0.05) is 17.7 Å². The number of nitrogens with zero attached hydrogens (tertiary/aromatic N) is 1. The molecule has 0 radical (unpaired) electrons. The summed E-state index contributed by atoms with van der Waals surface area (Å²) in [6, 6.07) is 4.51. The van der Waals surface area contributed by atoms with E-state index in [0.29, 0.717) is 23.6 Å². The number of aromatic nitrogens is 1. The lowest BCUT2D eigenvalue weighted by molar-refractivity contribution is -0.0523. The average Bonchev–Trinajstić information content (AvgIpc) is 2.58. The number of ether oxygens (including phenoxy) is 1. The van der Waals surface area contributed by atoms with Crippen LogP contribution < -0.4 is 10.1 Å². The van der Waals surface area contributed by atoms with E-state index >= 15 is 0 Å². The van der Waals surface area contributed by atoms with Crippen molar-refractivity contribution < 1.29 is 32.2 Å². The van der Waals surface area contributed by atoms with Crippen molar-refractivity contribution in [2.24, 2.45) is 0 Å². The van der Waals surface area contributed by atoms with Gasteiger partial charge in [-0.15, -0.1) is 0 Å². The quantitative estimate of drug-likeness (QED) is 0.534. The number of carbonyl (C=O) groups is 1. The Morgan fingerprint density at radius 1 is 1.31 bits per heavy atom. The van der Waals surface area contributed by atoms with Crippen LogP contribution in [0, 0.1) is 11.6 Å². The van der Waals surface area contributed by atoms with Crippen LogP contribution in [0.4, 0.5) is 23.4 Å². The number of pyridine rings is 1. The van der Waals surface area contributed by atoms with E-state index in [9.17, 15) is 22.4 Å². The zero-order valence-electron chi connectivity index (χ0n) is 13.2. The van der Waals surface area contributed by atoms with Crippen molar-refractivity contribution in [3.05, 3.63) is 53.2 Å². The molecule has 2 aromatic rings.